The highest BCUT2D eigenvalue weighted by Crippen LogP contribution is 2.37. The third-order valence-corrected chi connectivity index (χ3v) is 3.17. The summed E-state index contributed by atoms with van der Waals surface area (Å²) in [5.41, 5.74) is 0.415. The second-order valence-corrected chi connectivity index (χ2v) is 5.61. The lowest BCUT2D eigenvalue weighted by Gasteiger charge is -2.20. The minimum absolute atomic E-state index is 0.109. The maximum Gasteiger partial charge on any atom is 0.343 e. The molecule has 0 spiro atoms. The second-order valence-electron chi connectivity index (χ2n) is 5.61. The number of hydrogen-bond donors (Lipinski definition) is 3. The van der Waals surface area contributed by atoms with Gasteiger partial charge in [0.15, 0.2) is 0 Å². The first-order valence-corrected chi connectivity index (χ1v) is 5.94. The fourth-order valence-electron chi connectivity index (χ4n) is 2.04. The van der Waals surface area contributed by atoms with Gasteiger partial charge in [0, 0.05) is 5.39 Å². The van der Waals surface area contributed by atoms with Crippen LogP contribution in [-0.4, -0.2) is 21.3 Å². The van der Waals surface area contributed by atoms with Crippen LogP contribution in [0.4, 0.5) is 0 Å². The first-order valence-electron chi connectivity index (χ1n) is 5.94. The highest BCUT2D eigenvalue weighted by atomic mass is 16.4. The number of phenols is 2. The summed E-state index contributed by atoms with van der Waals surface area (Å²) in [6.45, 7) is 6.09. The summed E-state index contributed by atoms with van der Waals surface area (Å²) in [6.07, 6.45) is 0. The molecule has 0 unspecified atom stereocenters. The standard InChI is InChI=1S/C15H16O4/c1-15(2,3)9-5-4-8-6-11(16)12(14(18)19)13(17)10(8)7-9/h4-7,16-17H,1-3H3,(H,18,19). The molecule has 2 rings (SSSR count). The van der Waals surface area contributed by atoms with Crippen molar-refractivity contribution < 1.29 is 20.1 Å². The number of rotatable bonds is 1. The van der Waals surface area contributed by atoms with Crippen LogP contribution in [0.2, 0.25) is 0 Å². The number of aromatic hydroxyl groups is 2. The smallest absolute Gasteiger partial charge is 0.343 e. The van der Waals surface area contributed by atoms with Crippen molar-refractivity contribution in [1.29, 1.82) is 0 Å². The van der Waals surface area contributed by atoms with E-state index in [1.54, 1.807) is 12.1 Å². The van der Waals surface area contributed by atoms with Gasteiger partial charge >= 0.3 is 5.97 Å². The van der Waals surface area contributed by atoms with Crippen LogP contribution in [0.5, 0.6) is 11.5 Å². The molecular formula is C15H16O4. The molecule has 0 aliphatic rings. The Morgan fingerprint density at radius 2 is 1.74 bits per heavy atom. The van der Waals surface area contributed by atoms with Crippen LogP contribution in [0.25, 0.3) is 10.8 Å². The van der Waals surface area contributed by atoms with Crippen molar-refractivity contribution in [3.05, 3.63) is 35.4 Å². The molecule has 0 atom stereocenters. The van der Waals surface area contributed by atoms with Crippen molar-refractivity contribution in [3.8, 4) is 11.5 Å². The molecule has 0 bridgehead atoms. The van der Waals surface area contributed by atoms with Crippen LogP contribution in [0.15, 0.2) is 24.3 Å². The lowest BCUT2D eigenvalue weighted by atomic mass is 9.85. The third kappa shape index (κ3) is 2.21. The molecule has 0 aliphatic heterocycles. The number of benzene rings is 2. The molecule has 0 aliphatic carbocycles. The quantitative estimate of drug-likeness (QED) is 0.735. The van der Waals surface area contributed by atoms with Crippen molar-refractivity contribution in [1.82, 2.24) is 0 Å². The van der Waals surface area contributed by atoms with E-state index in [0.29, 0.717) is 10.8 Å². The lowest BCUT2D eigenvalue weighted by Crippen LogP contribution is -2.10. The zero-order valence-corrected chi connectivity index (χ0v) is 11.1. The summed E-state index contributed by atoms with van der Waals surface area (Å²) in [6, 6.07) is 6.78. The Labute approximate surface area is 110 Å². The number of hydrogen-bond acceptors (Lipinski definition) is 3. The second kappa shape index (κ2) is 4.16. The molecule has 2 aromatic carbocycles. The molecule has 0 aromatic heterocycles. The maximum atomic E-state index is 11.0. The van der Waals surface area contributed by atoms with Gasteiger partial charge in [-0.15, -0.1) is 0 Å². The van der Waals surface area contributed by atoms with Gasteiger partial charge in [-0.25, -0.2) is 4.79 Å². The molecule has 3 N–H and O–H groups in total. The van der Waals surface area contributed by atoms with Gasteiger partial charge in [0.25, 0.3) is 0 Å². The maximum absolute atomic E-state index is 11.0. The van der Waals surface area contributed by atoms with Crippen molar-refractivity contribution in [2.24, 2.45) is 0 Å². The number of carboxylic acids is 1. The fraction of sp³-hybridized carbons (Fsp3) is 0.267. The SMILES string of the molecule is CC(C)(C)c1ccc2cc(O)c(C(=O)O)c(O)c2c1. The Bertz CT molecular complexity index is 666. The van der Waals surface area contributed by atoms with Gasteiger partial charge in [-0.05, 0) is 28.5 Å². The van der Waals surface area contributed by atoms with Gasteiger partial charge in [-0.2, -0.15) is 0 Å². The third-order valence-electron chi connectivity index (χ3n) is 3.17. The van der Waals surface area contributed by atoms with Gasteiger partial charge in [0.1, 0.15) is 17.1 Å². The summed E-state index contributed by atoms with van der Waals surface area (Å²) in [5.74, 6) is -2.17. The molecule has 4 heteroatoms. The molecule has 2 aromatic rings. The van der Waals surface area contributed by atoms with E-state index < -0.39 is 23.0 Å². The van der Waals surface area contributed by atoms with Crippen LogP contribution >= 0.6 is 0 Å². The normalized spacial score (nSPS) is 11.7. The summed E-state index contributed by atoms with van der Waals surface area (Å²) in [7, 11) is 0. The van der Waals surface area contributed by atoms with E-state index in [0.717, 1.165) is 5.56 Å². The first-order chi connectivity index (χ1) is 8.71. The minimum Gasteiger partial charge on any atom is -0.507 e. The van der Waals surface area contributed by atoms with Crippen molar-refractivity contribution in [2.75, 3.05) is 0 Å². The summed E-state index contributed by atoms with van der Waals surface area (Å²) in [5, 5.41) is 29.8. The largest absolute Gasteiger partial charge is 0.507 e. The van der Waals surface area contributed by atoms with E-state index in [1.165, 1.54) is 6.07 Å². The van der Waals surface area contributed by atoms with Crippen molar-refractivity contribution in [2.45, 2.75) is 26.2 Å². The molecule has 0 radical (unpaired) electrons. The van der Waals surface area contributed by atoms with Gasteiger partial charge in [0.2, 0.25) is 0 Å². The summed E-state index contributed by atoms with van der Waals surface area (Å²) < 4.78 is 0. The molecule has 0 saturated carbocycles. The Morgan fingerprint density at radius 3 is 2.26 bits per heavy atom. The van der Waals surface area contributed by atoms with E-state index in [-0.39, 0.29) is 5.41 Å². The van der Waals surface area contributed by atoms with Crippen LogP contribution < -0.4 is 0 Å². The number of carboxylic acid groups (broad SMARTS) is 1. The number of aromatic carboxylic acids is 1. The lowest BCUT2D eigenvalue weighted by molar-refractivity contribution is 0.0691. The zero-order valence-electron chi connectivity index (χ0n) is 11.1. The van der Waals surface area contributed by atoms with E-state index >= 15 is 0 Å². The monoisotopic (exact) mass is 260 g/mol. The molecular weight excluding hydrogens is 244 g/mol. The van der Waals surface area contributed by atoms with Gasteiger partial charge < -0.3 is 15.3 Å². The molecule has 19 heavy (non-hydrogen) atoms. The summed E-state index contributed by atoms with van der Waals surface area (Å²) in [4.78, 5) is 11.0. The average Bonchev–Trinajstić information content (AvgIpc) is 2.26. The van der Waals surface area contributed by atoms with Crippen molar-refractivity contribution >= 4 is 16.7 Å². The zero-order chi connectivity index (χ0) is 14.4. The van der Waals surface area contributed by atoms with Gasteiger partial charge in [-0.3, -0.25) is 0 Å². The summed E-state index contributed by atoms with van der Waals surface area (Å²) >= 11 is 0. The Morgan fingerprint density at radius 1 is 1.11 bits per heavy atom. The molecule has 4 nitrogen and oxygen atoms in total. The van der Waals surface area contributed by atoms with Crippen LogP contribution in [0.3, 0.4) is 0 Å². The topological polar surface area (TPSA) is 77.8 Å². The number of fused-ring (bicyclic) bond motifs is 1. The first kappa shape index (κ1) is 13.2. The fourth-order valence-corrected chi connectivity index (χ4v) is 2.04. The van der Waals surface area contributed by atoms with E-state index in [4.69, 9.17) is 5.11 Å². The predicted octanol–water partition coefficient (Wildman–Crippen LogP) is 3.25. The average molecular weight is 260 g/mol. The van der Waals surface area contributed by atoms with Crippen molar-refractivity contribution in [3.63, 3.8) is 0 Å². The molecule has 0 fully saturated rings. The Kier molecular flexibility index (Phi) is 2.89. The highest BCUT2D eigenvalue weighted by Gasteiger charge is 2.20. The van der Waals surface area contributed by atoms with E-state index in [2.05, 4.69) is 0 Å². The van der Waals surface area contributed by atoms with Gasteiger partial charge in [0.05, 0.1) is 0 Å². The van der Waals surface area contributed by atoms with Crippen LogP contribution in [0, 0.1) is 0 Å². The Hall–Kier alpha value is -2.23. The molecule has 0 saturated heterocycles. The number of carbonyl (C=O) groups is 1. The molecule has 0 heterocycles. The van der Waals surface area contributed by atoms with Crippen LogP contribution in [0.1, 0.15) is 36.7 Å². The van der Waals surface area contributed by atoms with E-state index in [1.807, 2.05) is 26.8 Å². The minimum atomic E-state index is -1.35. The van der Waals surface area contributed by atoms with Crippen LogP contribution in [-0.2, 0) is 5.41 Å². The molecule has 0 amide bonds. The predicted molar refractivity (Wildman–Crippen MR) is 72.9 cm³/mol. The van der Waals surface area contributed by atoms with Gasteiger partial charge in [-0.1, -0.05) is 32.9 Å². The Balaban J connectivity index is 2.82. The molecule has 100 valence electrons. The van der Waals surface area contributed by atoms with E-state index in [9.17, 15) is 15.0 Å². The highest BCUT2D eigenvalue weighted by molar-refractivity contribution is 6.03.